The van der Waals surface area contributed by atoms with Crippen molar-refractivity contribution in [2.45, 2.75) is 70.9 Å². The van der Waals surface area contributed by atoms with Crippen molar-refractivity contribution < 1.29 is 28.2 Å². The topological polar surface area (TPSA) is 164 Å². The van der Waals surface area contributed by atoms with Crippen LogP contribution in [0.4, 0.5) is 4.39 Å². The molecule has 1 saturated carbocycles. The molecule has 0 spiro atoms. The molecule has 13 nitrogen and oxygen atoms in total. The molecule has 1 saturated heterocycles. The summed E-state index contributed by atoms with van der Waals surface area (Å²) in [5.74, 6) is -2.37. The fraction of sp³-hybridized carbons (Fsp3) is 0.562. The summed E-state index contributed by atoms with van der Waals surface area (Å²) in [6.07, 6.45) is 4.49. The molecule has 1 aliphatic heterocycles. The highest BCUT2D eigenvalue weighted by Gasteiger charge is 2.36. The van der Waals surface area contributed by atoms with Crippen LogP contribution in [-0.4, -0.2) is 98.5 Å². The van der Waals surface area contributed by atoms with E-state index in [1.54, 1.807) is 30.9 Å². The number of ketones is 1. The molecule has 0 radical (unpaired) electrons. The number of aromatic nitrogens is 4. The van der Waals surface area contributed by atoms with Gasteiger partial charge in [-0.25, -0.2) is 9.02 Å². The van der Waals surface area contributed by atoms with Gasteiger partial charge in [0.2, 0.25) is 5.91 Å². The number of likely N-dealkylation sites (N-methyl/N-ethyl adjacent to an activating group) is 1. The first-order valence-corrected chi connectivity index (χ1v) is 16.8. The average Bonchev–Trinajstić information content (AvgIpc) is 3.76. The molecule has 3 heterocycles. The molecule has 2 N–H and O–H groups in total. The number of Topliss-reactive ketones (excluding diaryl/α,β-unsaturated/α-hetero) is 1. The number of benzene rings is 1. The summed E-state index contributed by atoms with van der Waals surface area (Å²) in [4.78, 5) is 57.6. The molecule has 252 valence electrons. The predicted octanol–water partition coefficient (Wildman–Crippen LogP) is 2.78. The second-order valence-corrected chi connectivity index (χ2v) is 13.6. The van der Waals surface area contributed by atoms with Crippen LogP contribution in [-0.2, 0) is 16.0 Å². The van der Waals surface area contributed by atoms with Gasteiger partial charge in [-0.3, -0.25) is 19.2 Å². The number of carbonyl (C=O) groups is 4. The molecule has 15 heteroatoms. The van der Waals surface area contributed by atoms with Crippen molar-refractivity contribution in [2.75, 3.05) is 33.2 Å². The van der Waals surface area contributed by atoms with E-state index in [0.717, 1.165) is 37.2 Å². The summed E-state index contributed by atoms with van der Waals surface area (Å²) in [5.41, 5.74) is 0.992. The number of rotatable bonds is 11. The maximum Gasteiger partial charge on any atom is 0.276 e. The second kappa shape index (κ2) is 15.2. The zero-order valence-electron chi connectivity index (χ0n) is 27.1. The number of aryl methyl sites for hydroxylation is 1. The van der Waals surface area contributed by atoms with Crippen molar-refractivity contribution in [3.8, 4) is 0 Å². The molecule has 1 aromatic carbocycles. The standard InChI is InChI=1S/C32H41FN8O5S/c1-18-5-7-21(8-6-18)29(36-31(44)28-20(3)37-46-38-28)25(42)16-23-10-9-22(15-24(23)33)19(2)27(35-30(43)26-17-34-39-47-26)32(45)41-13-11-40(4)12-14-41/h9-10,15,17-19,21,27,29H,5-8,11-14,16H2,1-4H3,(H,35,43)(H,36,44)/t18?,19-,21?,27+,29-/m0/s1. The first-order valence-electron chi connectivity index (χ1n) is 16.0. The Morgan fingerprint density at radius 1 is 1.04 bits per heavy atom. The van der Waals surface area contributed by atoms with E-state index in [1.807, 2.05) is 7.05 Å². The highest BCUT2D eigenvalue weighted by atomic mass is 32.1. The van der Waals surface area contributed by atoms with Crippen LogP contribution in [0, 0.1) is 24.6 Å². The van der Waals surface area contributed by atoms with Crippen molar-refractivity contribution in [2.24, 2.45) is 11.8 Å². The predicted molar refractivity (Wildman–Crippen MR) is 170 cm³/mol. The normalized spacial score (nSPS) is 20.7. The Morgan fingerprint density at radius 2 is 1.77 bits per heavy atom. The van der Waals surface area contributed by atoms with E-state index in [9.17, 15) is 19.2 Å². The van der Waals surface area contributed by atoms with E-state index in [4.69, 9.17) is 0 Å². The van der Waals surface area contributed by atoms with E-state index in [1.165, 1.54) is 12.3 Å². The number of carbonyl (C=O) groups excluding carboxylic acids is 4. The summed E-state index contributed by atoms with van der Waals surface area (Å²) in [6.45, 7) is 7.94. The van der Waals surface area contributed by atoms with Gasteiger partial charge in [-0.05, 0) is 72.5 Å². The third-order valence-corrected chi connectivity index (χ3v) is 10.1. The van der Waals surface area contributed by atoms with Gasteiger partial charge < -0.3 is 20.4 Å². The Morgan fingerprint density at radius 3 is 2.38 bits per heavy atom. The Hall–Kier alpha value is -4.11. The molecule has 2 fully saturated rings. The quantitative estimate of drug-likeness (QED) is 0.311. The Labute approximate surface area is 276 Å². The second-order valence-electron chi connectivity index (χ2n) is 12.8. The van der Waals surface area contributed by atoms with E-state index in [-0.39, 0.29) is 40.2 Å². The molecule has 0 bridgehead atoms. The van der Waals surface area contributed by atoms with Crippen LogP contribution in [0.5, 0.6) is 0 Å². The Kier molecular flexibility index (Phi) is 11.1. The fourth-order valence-corrected chi connectivity index (χ4v) is 6.73. The molecule has 3 amide bonds. The zero-order valence-corrected chi connectivity index (χ0v) is 27.9. The van der Waals surface area contributed by atoms with Crippen LogP contribution in [0.3, 0.4) is 0 Å². The van der Waals surface area contributed by atoms with Crippen molar-refractivity contribution in [3.63, 3.8) is 0 Å². The van der Waals surface area contributed by atoms with Gasteiger partial charge in [0.1, 0.15) is 22.4 Å². The third kappa shape index (κ3) is 8.25. The number of amides is 3. The van der Waals surface area contributed by atoms with Gasteiger partial charge in [0.25, 0.3) is 11.8 Å². The Bertz CT molecular complexity index is 1570. The highest BCUT2D eigenvalue weighted by Crippen LogP contribution is 2.32. The molecule has 5 rings (SSSR count). The molecule has 1 aliphatic carbocycles. The molecule has 0 unspecified atom stereocenters. The van der Waals surface area contributed by atoms with E-state index < -0.39 is 35.6 Å². The summed E-state index contributed by atoms with van der Waals surface area (Å²) in [6, 6.07) is 2.74. The van der Waals surface area contributed by atoms with Gasteiger partial charge in [-0.2, -0.15) is 0 Å². The van der Waals surface area contributed by atoms with Crippen molar-refractivity contribution in [1.82, 2.24) is 40.3 Å². The largest absolute Gasteiger partial charge is 0.340 e. The minimum absolute atomic E-state index is 0.0101. The smallest absolute Gasteiger partial charge is 0.276 e. The van der Waals surface area contributed by atoms with E-state index in [2.05, 4.69) is 47.0 Å². The van der Waals surface area contributed by atoms with Crippen molar-refractivity contribution in [1.29, 1.82) is 0 Å². The van der Waals surface area contributed by atoms with Gasteiger partial charge in [0, 0.05) is 38.5 Å². The van der Waals surface area contributed by atoms with Crippen LogP contribution in [0.25, 0.3) is 0 Å². The molecule has 3 aromatic rings. The lowest BCUT2D eigenvalue weighted by atomic mass is 9.77. The number of nitrogens with zero attached hydrogens (tertiary/aromatic N) is 6. The molecular formula is C32H41FN8O5S. The molecule has 3 atom stereocenters. The van der Waals surface area contributed by atoms with Crippen LogP contribution >= 0.6 is 11.5 Å². The zero-order chi connectivity index (χ0) is 33.7. The van der Waals surface area contributed by atoms with Gasteiger partial charge in [-0.15, -0.1) is 5.10 Å². The molecule has 2 aromatic heterocycles. The minimum Gasteiger partial charge on any atom is -0.340 e. The summed E-state index contributed by atoms with van der Waals surface area (Å²) < 4.78 is 24.2. The number of halogens is 1. The van der Waals surface area contributed by atoms with Gasteiger partial charge in [0.15, 0.2) is 11.5 Å². The lowest BCUT2D eigenvalue weighted by Gasteiger charge is -2.36. The first kappa shape index (κ1) is 34.2. The van der Waals surface area contributed by atoms with Crippen molar-refractivity contribution in [3.05, 3.63) is 57.6 Å². The van der Waals surface area contributed by atoms with Gasteiger partial charge in [-0.1, -0.05) is 48.5 Å². The monoisotopic (exact) mass is 668 g/mol. The Balaban J connectivity index is 1.34. The first-order chi connectivity index (χ1) is 22.5. The van der Waals surface area contributed by atoms with E-state index >= 15 is 4.39 Å². The minimum atomic E-state index is -0.970. The number of piperazine rings is 1. The van der Waals surface area contributed by atoms with Gasteiger partial charge >= 0.3 is 0 Å². The number of hydrogen-bond donors (Lipinski definition) is 2. The van der Waals surface area contributed by atoms with Gasteiger partial charge in [0.05, 0.1) is 12.2 Å². The van der Waals surface area contributed by atoms with Crippen LogP contribution in [0.15, 0.2) is 29.0 Å². The lowest BCUT2D eigenvalue weighted by molar-refractivity contribution is -0.135. The lowest BCUT2D eigenvalue weighted by Crippen LogP contribution is -2.55. The maximum absolute atomic E-state index is 15.7. The van der Waals surface area contributed by atoms with Crippen molar-refractivity contribution >= 4 is 35.0 Å². The SMILES string of the molecule is Cc1nonc1C(=O)N[C@H](C(=O)Cc1ccc([C@H](C)[C@@H](NC(=O)c2cnns2)C(=O)N2CCN(C)CC2)cc1F)C1CCC(C)CC1. The highest BCUT2D eigenvalue weighted by molar-refractivity contribution is 7.07. The molecule has 2 aliphatic rings. The average molecular weight is 669 g/mol. The third-order valence-electron chi connectivity index (χ3n) is 9.45. The summed E-state index contributed by atoms with van der Waals surface area (Å²) in [7, 11) is 1.98. The van der Waals surface area contributed by atoms with Crippen LogP contribution in [0.1, 0.15) is 82.4 Å². The summed E-state index contributed by atoms with van der Waals surface area (Å²) >= 11 is 0.920. The number of hydrogen-bond acceptors (Lipinski definition) is 11. The fourth-order valence-electron chi connectivity index (χ4n) is 6.31. The summed E-state index contributed by atoms with van der Waals surface area (Å²) in [5, 5.41) is 16.7. The number of nitrogens with one attached hydrogen (secondary N) is 2. The molecule has 47 heavy (non-hydrogen) atoms. The maximum atomic E-state index is 15.7. The van der Waals surface area contributed by atoms with Crippen LogP contribution in [0.2, 0.25) is 0 Å². The molecular weight excluding hydrogens is 627 g/mol. The van der Waals surface area contributed by atoms with Crippen LogP contribution < -0.4 is 10.6 Å². The van der Waals surface area contributed by atoms with E-state index in [0.29, 0.717) is 43.4 Å².